The first kappa shape index (κ1) is 13.5. The smallest absolute Gasteiger partial charge is 0.488 e. The minimum absolute atomic E-state index is 0.356. The van der Waals surface area contributed by atoms with Gasteiger partial charge in [-0.05, 0) is 23.7 Å². The molecule has 0 amide bonds. The van der Waals surface area contributed by atoms with Crippen LogP contribution in [0.25, 0.3) is 0 Å². The van der Waals surface area contributed by atoms with Gasteiger partial charge in [-0.1, -0.05) is 30.3 Å². The van der Waals surface area contributed by atoms with Gasteiger partial charge in [-0.15, -0.1) is 0 Å². The molecule has 0 aliphatic carbocycles. The second-order valence-corrected chi connectivity index (χ2v) is 4.05. The van der Waals surface area contributed by atoms with E-state index in [9.17, 15) is 0 Å². The molecule has 0 unspecified atom stereocenters. The summed E-state index contributed by atoms with van der Waals surface area (Å²) in [4.78, 5) is 0. The number of methoxy groups -OCH3 is 1. The van der Waals surface area contributed by atoms with Gasteiger partial charge < -0.3 is 19.5 Å². The Hall–Kier alpha value is -1.98. The number of ether oxygens (including phenoxy) is 2. The molecule has 2 N–H and O–H groups in total. The fraction of sp³-hybridized carbons (Fsp3) is 0.143. The summed E-state index contributed by atoms with van der Waals surface area (Å²) in [6.07, 6.45) is 0. The van der Waals surface area contributed by atoms with Crippen molar-refractivity contribution in [1.29, 1.82) is 0 Å². The number of benzene rings is 2. The van der Waals surface area contributed by atoms with Crippen molar-refractivity contribution in [3.63, 3.8) is 0 Å². The number of para-hydroxylation sites is 1. The van der Waals surface area contributed by atoms with Crippen molar-refractivity contribution < 1.29 is 19.5 Å². The van der Waals surface area contributed by atoms with Crippen molar-refractivity contribution in [3.8, 4) is 11.5 Å². The van der Waals surface area contributed by atoms with Crippen LogP contribution < -0.4 is 14.9 Å². The van der Waals surface area contributed by atoms with Crippen LogP contribution in [0.15, 0.2) is 48.5 Å². The van der Waals surface area contributed by atoms with Gasteiger partial charge in [-0.3, -0.25) is 0 Å². The van der Waals surface area contributed by atoms with E-state index in [0.717, 1.165) is 11.3 Å². The molecule has 4 nitrogen and oxygen atoms in total. The van der Waals surface area contributed by atoms with E-state index in [2.05, 4.69) is 0 Å². The lowest BCUT2D eigenvalue weighted by Crippen LogP contribution is -2.29. The van der Waals surface area contributed by atoms with Gasteiger partial charge in [0.2, 0.25) is 0 Å². The first-order chi connectivity index (χ1) is 9.20. The van der Waals surface area contributed by atoms with Crippen molar-refractivity contribution >= 4 is 12.6 Å². The van der Waals surface area contributed by atoms with E-state index < -0.39 is 7.12 Å². The Morgan fingerprint density at radius 2 is 1.84 bits per heavy atom. The summed E-state index contributed by atoms with van der Waals surface area (Å²) < 4.78 is 10.9. The van der Waals surface area contributed by atoms with Gasteiger partial charge >= 0.3 is 7.12 Å². The summed E-state index contributed by atoms with van der Waals surface area (Å²) in [6, 6.07) is 14.3. The molecule has 0 atom stereocenters. The molecule has 5 heteroatoms. The molecule has 0 aliphatic heterocycles. The Morgan fingerprint density at radius 1 is 1.05 bits per heavy atom. The van der Waals surface area contributed by atoms with E-state index in [1.54, 1.807) is 31.4 Å². The molecular weight excluding hydrogens is 243 g/mol. The Balaban J connectivity index is 2.08. The second kappa shape index (κ2) is 6.27. The Bertz CT molecular complexity index is 542. The summed E-state index contributed by atoms with van der Waals surface area (Å²) >= 11 is 0. The SMILES string of the molecule is COc1ccccc1COc1cccc(B(O)O)c1. The fourth-order valence-corrected chi connectivity index (χ4v) is 1.75. The van der Waals surface area contributed by atoms with E-state index in [-0.39, 0.29) is 0 Å². The average Bonchev–Trinajstić information content (AvgIpc) is 2.45. The zero-order valence-electron chi connectivity index (χ0n) is 10.6. The topological polar surface area (TPSA) is 58.9 Å². The number of rotatable bonds is 5. The van der Waals surface area contributed by atoms with Gasteiger partial charge in [-0.2, -0.15) is 0 Å². The standard InChI is InChI=1S/C14H15BO4/c1-18-14-8-3-2-5-11(14)10-19-13-7-4-6-12(9-13)15(16)17/h2-9,16-17H,10H2,1H3. The summed E-state index contributed by atoms with van der Waals surface area (Å²) in [5.74, 6) is 1.34. The number of hydrogen-bond acceptors (Lipinski definition) is 4. The Morgan fingerprint density at radius 3 is 2.58 bits per heavy atom. The van der Waals surface area contributed by atoms with Crippen molar-refractivity contribution in [2.75, 3.05) is 7.11 Å². The fourth-order valence-electron chi connectivity index (χ4n) is 1.75. The molecule has 2 aromatic rings. The molecule has 2 rings (SSSR count). The highest BCUT2D eigenvalue weighted by Crippen LogP contribution is 2.19. The van der Waals surface area contributed by atoms with Crippen LogP contribution in [0, 0.1) is 0 Å². The highest BCUT2D eigenvalue weighted by Gasteiger charge is 2.11. The van der Waals surface area contributed by atoms with Crippen LogP contribution in [0.3, 0.4) is 0 Å². The Labute approximate surface area is 112 Å². The molecule has 0 aliphatic rings. The molecule has 0 fully saturated rings. The van der Waals surface area contributed by atoms with Gasteiger partial charge in [0.1, 0.15) is 18.1 Å². The summed E-state index contributed by atoms with van der Waals surface area (Å²) in [6.45, 7) is 0.356. The maximum atomic E-state index is 9.10. The van der Waals surface area contributed by atoms with Gasteiger partial charge in [0.25, 0.3) is 0 Å². The van der Waals surface area contributed by atoms with Crippen molar-refractivity contribution in [1.82, 2.24) is 0 Å². The molecule has 98 valence electrons. The summed E-state index contributed by atoms with van der Waals surface area (Å²) in [7, 11) is 0.122. The molecule has 0 saturated heterocycles. The highest BCUT2D eigenvalue weighted by atomic mass is 16.5. The van der Waals surface area contributed by atoms with Crippen LogP contribution in [0.2, 0.25) is 0 Å². The van der Waals surface area contributed by atoms with E-state index in [0.29, 0.717) is 17.8 Å². The van der Waals surface area contributed by atoms with E-state index in [1.165, 1.54) is 0 Å². The van der Waals surface area contributed by atoms with Crippen LogP contribution >= 0.6 is 0 Å². The van der Waals surface area contributed by atoms with Crippen molar-refractivity contribution in [2.24, 2.45) is 0 Å². The minimum atomic E-state index is -1.49. The van der Waals surface area contributed by atoms with E-state index in [4.69, 9.17) is 19.5 Å². The van der Waals surface area contributed by atoms with Crippen LogP contribution in [0.5, 0.6) is 11.5 Å². The van der Waals surface area contributed by atoms with Gasteiger partial charge in [-0.25, -0.2) is 0 Å². The third kappa shape index (κ3) is 3.50. The molecular formula is C14H15BO4. The third-order valence-electron chi connectivity index (χ3n) is 2.74. The zero-order chi connectivity index (χ0) is 13.7. The van der Waals surface area contributed by atoms with Crippen molar-refractivity contribution in [2.45, 2.75) is 6.61 Å². The first-order valence-corrected chi connectivity index (χ1v) is 5.91. The Kier molecular flexibility index (Phi) is 4.44. The summed E-state index contributed by atoms with van der Waals surface area (Å²) in [5, 5.41) is 18.2. The molecule has 2 aromatic carbocycles. The van der Waals surface area contributed by atoms with E-state index >= 15 is 0 Å². The lowest BCUT2D eigenvalue weighted by atomic mass is 9.80. The molecule has 0 saturated carbocycles. The second-order valence-electron chi connectivity index (χ2n) is 4.05. The van der Waals surface area contributed by atoms with Crippen LogP contribution in [0.1, 0.15) is 5.56 Å². The molecule has 0 heterocycles. The van der Waals surface area contributed by atoms with Crippen LogP contribution in [0.4, 0.5) is 0 Å². The predicted molar refractivity (Wildman–Crippen MR) is 73.6 cm³/mol. The maximum absolute atomic E-state index is 9.10. The lowest BCUT2D eigenvalue weighted by Gasteiger charge is -2.10. The molecule has 0 spiro atoms. The minimum Gasteiger partial charge on any atom is -0.496 e. The average molecular weight is 258 g/mol. The van der Waals surface area contributed by atoms with Crippen LogP contribution in [-0.4, -0.2) is 24.3 Å². The largest absolute Gasteiger partial charge is 0.496 e. The molecule has 0 radical (unpaired) electrons. The van der Waals surface area contributed by atoms with Gasteiger partial charge in [0.15, 0.2) is 0 Å². The summed E-state index contributed by atoms with van der Waals surface area (Å²) in [5.41, 5.74) is 1.33. The highest BCUT2D eigenvalue weighted by molar-refractivity contribution is 6.58. The first-order valence-electron chi connectivity index (χ1n) is 5.91. The normalized spacial score (nSPS) is 10.1. The van der Waals surface area contributed by atoms with E-state index in [1.807, 2.05) is 24.3 Å². The van der Waals surface area contributed by atoms with Crippen LogP contribution in [-0.2, 0) is 6.61 Å². The predicted octanol–water partition coefficient (Wildman–Crippen LogP) is 0.954. The maximum Gasteiger partial charge on any atom is 0.488 e. The quantitative estimate of drug-likeness (QED) is 0.784. The zero-order valence-corrected chi connectivity index (χ0v) is 10.6. The number of hydrogen-bond donors (Lipinski definition) is 2. The van der Waals surface area contributed by atoms with Gasteiger partial charge in [0, 0.05) is 5.56 Å². The lowest BCUT2D eigenvalue weighted by molar-refractivity contribution is 0.296. The molecule has 0 aromatic heterocycles. The van der Waals surface area contributed by atoms with Crippen molar-refractivity contribution in [3.05, 3.63) is 54.1 Å². The van der Waals surface area contributed by atoms with Gasteiger partial charge in [0.05, 0.1) is 7.11 Å². The monoisotopic (exact) mass is 258 g/mol. The molecule has 0 bridgehead atoms. The molecule has 19 heavy (non-hydrogen) atoms. The third-order valence-corrected chi connectivity index (χ3v) is 2.74.